The second kappa shape index (κ2) is 14.0. The van der Waals surface area contributed by atoms with E-state index in [0.717, 1.165) is 19.5 Å². The highest BCUT2D eigenvalue weighted by Crippen LogP contribution is 2.16. The number of likely N-dealkylation sites (tertiary alicyclic amines) is 2. The van der Waals surface area contributed by atoms with Gasteiger partial charge in [-0.05, 0) is 25.7 Å². The van der Waals surface area contributed by atoms with E-state index in [9.17, 15) is 14.4 Å². The van der Waals surface area contributed by atoms with Crippen LogP contribution in [0.4, 0.5) is 0 Å². The smallest absolute Gasteiger partial charge is 0.326 e. The number of carboxylic acid groups (broad SMARTS) is 1. The van der Waals surface area contributed by atoms with Crippen LogP contribution >= 0.6 is 0 Å². The second-order valence-electron chi connectivity index (χ2n) is 4.92. The molecule has 0 aromatic rings. The molecule has 23 heavy (non-hydrogen) atoms. The van der Waals surface area contributed by atoms with Gasteiger partial charge in [-0.3, -0.25) is 9.59 Å². The van der Waals surface area contributed by atoms with Crippen LogP contribution in [0.25, 0.3) is 0 Å². The molecule has 0 aromatic carbocycles. The molecule has 1 N–H and O–H groups in total. The summed E-state index contributed by atoms with van der Waals surface area (Å²) in [5.74, 6) is -0.810. The summed E-state index contributed by atoms with van der Waals surface area (Å²) in [6, 6.07) is -0.576. The Balaban J connectivity index is 0. The van der Waals surface area contributed by atoms with Gasteiger partial charge in [-0.15, -0.1) is 0 Å². The van der Waals surface area contributed by atoms with Gasteiger partial charge >= 0.3 is 5.97 Å². The van der Waals surface area contributed by atoms with Crippen molar-refractivity contribution in [2.75, 3.05) is 19.6 Å². The Labute approximate surface area is 140 Å². The van der Waals surface area contributed by atoms with E-state index >= 15 is 0 Å². The van der Waals surface area contributed by atoms with Crippen molar-refractivity contribution in [3.8, 4) is 0 Å². The lowest BCUT2D eigenvalue weighted by Gasteiger charge is -2.18. The van der Waals surface area contributed by atoms with Crippen molar-refractivity contribution >= 4 is 17.8 Å². The van der Waals surface area contributed by atoms with Gasteiger partial charge in [0.25, 0.3) is 0 Å². The number of hydrogen-bond donors (Lipinski definition) is 1. The molecular weight excluding hydrogens is 296 g/mol. The van der Waals surface area contributed by atoms with Gasteiger partial charge in [-0.25, -0.2) is 4.79 Å². The molecule has 1 atom stereocenters. The van der Waals surface area contributed by atoms with Gasteiger partial charge in [0.15, 0.2) is 0 Å². The van der Waals surface area contributed by atoms with Gasteiger partial charge < -0.3 is 14.9 Å². The van der Waals surface area contributed by atoms with Crippen molar-refractivity contribution in [2.45, 2.75) is 73.3 Å². The summed E-state index contributed by atoms with van der Waals surface area (Å²) < 4.78 is 0. The largest absolute Gasteiger partial charge is 0.480 e. The summed E-state index contributed by atoms with van der Waals surface area (Å²) >= 11 is 0. The molecule has 0 saturated carbocycles. The maximum absolute atomic E-state index is 10.8. The van der Waals surface area contributed by atoms with Gasteiger partial charge in [0.05, 0.1) is 0 Å². The second-order valence-corrected chi connectivity index (χ2v) is 4.92. The first-order valence-corrected chi connectivity index (χ1v) is 8.69. The van der Waals surface area contributed by atoms with E-state index in [4.69, 9.17) is 5.11 Å². The first-order valence-electron chi connectivity index (χ1n) is 8.69. The van der Waals surface area contributed by atoms with Crippen molar-refractivity contribution < 1.29 is 19.5 Å². The number of hydrogen-bond acceptors (Lipinski definition) is 3. The molecule has 2 heterocycles. The van der Waals surface area contributed by atoms with E-state index in [1.54, 1.807) is 6.92 Å². The van der Waals surface area contributed by atoms with Crippen molar-refractivity contribution in [2.24, 2.45) is 0 Å². The summed E-state index contributed by atoms with van der Waals surface area (Å²) in [5.41, 5.74) is 0. The van der Waals surface area contributed by atoms with E-state index in [1.807, 2.05) is 32.6 Å². The highest BCUT2D eigenvalue weighted by Gasteiger charge is 2.31. The Morgan fingerprint density at radius 1 is 0.826 bits per heavy atom. The minimum atomic E-state index is -0.891. The lowest BCUT2D eigenvalue weighted by atomic mass is 10.2. The molecule has 136 valence electrons. The Morgan fingerprint density at radius 2 is 1.30 bits per heavy atom. The molecule has 6 nitrogen and oxygen atoms in total. The molecule has 2 rings (SSSR count). The Hall–Kier alpha value is -1.59. The van der Waals surface area contributed by atoms with Gasteiger partial charge in [-0.2, -0.15) is 0 Å². The third-order valence-corrected chi connectivity index (χ3v) is 3.49. The van der Waals surface area contributed by atoms with Gasteiger partial charge in [0, 0.05) is 33.5 Å². The molecule has 2 saturated heterocycles. The molecule has 2 aliphatic rings. The number of nitrogens with zero attached hydrogens (tertiary/aromatic N) is 2. The van der Waals surface area contributed by atoms with E-state index in [0.29, 0.717) is 13.0 Å². The third kappa shape index (κ3) is 9.21. The number of rotatable bonds is 1. The highest BCUT2D eigenvalue weighted by molar-refractivity contribution is 5.82. The molecule has 0 spiro atoms. The SMILES string of the molecule is CC.CC.CC(=O)N1CCCC1.CC(=O)N1CCCC1C(=O)O. The number of amides is 2. The molecule has 0 aromatic heterocycles. The molecule has 2 amide bonds. The van der Waals surface area contributed by atoms with E-state index in [-0.39, 0.29) is 11.8 Å². The van der Waals surface area contributed by atoms with E-state index < -0.39 is 12.0 Å². The van der Waals surface area contributed by atoms with Crippen LogP contribution in [-0.4, -0.2) is 58.4 Å². The topological polar surface area (TPSA) is 77.9 Å². The first kappa shape index (κ1) is 23.7. The number of aliphatic carboxylic acids is 1. The maximum atomic E-state index is 10.8. The van der Waals surface area contributed by atoms with Gasteiger partial charge in [-0.1, -0.05) is 27.7 Å². The predicted molar refractivity (Wildman–Crippen MR) is 92.2 cm³/mol. The molecule has 0 bridgehead atoms. The van der Waals surface area contributed by atoms with Crippen molar-refractivity contribution in [3.05, 3.63) is 0 Å². The number of carbonyl (C=O) groups excluding carboxylic acids is 2. The molecule has 0 aliphatic carbocycles. The molecule has 6 heteroatoms. The zero-order chi connectivity index (χ0) is 18.4. The summed E-state index contributed by atoms with van der Waals surface area (Å²) in [6.45, 7) is 13.6. The van der Waals surface area contributed by atoms with Crippen LogP contribution in [0, 0.1) is 0 Å². The average Bonchev–Trinajstić information content (AvgIpc) is 3.23. The molecule has 1 unspecified atom stereocenters. The summed E-state index contributed by atoms with van der Waals surface area (Å²) in [4.78, 5) is 35.2. The Kier molecular flexibility index (Phi) is 14.4. The minimum absolute atomic E-state index is 0.144. The third-order valence-electron chi connectivity index (χ3n) is 3.49. The molecule has 2 aliphatic heterocycles. The standard InChI is InChI=1S/C7H11NO3.C6H11NO.2C2H6/c1-5(9)8-4-2-3-6(8)7(10)11;1-6(8)7-4-2-3-5-7;2*1-2/h6H,2-4H2,1H3,(H,10,11);2-5H2,1H3;2*1-2H3. The normalized spacial score (nSPS) is 18.6. The average molecular weight is 330 g/mol. The summed E-state index contributed by atoms with van der Waals surface area (Å²) in [6.07, 6.45) is 3.78. The fraction of sp³-hybridized carbons (Fsp3) is 0.824. The van der Waals surface area contributed by atoms with Crippen molar-refractivity contribution in [1.29, 1.82) is 0 Å². The summed E-state index contributed by atoms with van der Waals surface area (Å²) in [5, 5.41) is 8.64. The van der Waals surface area contributed by atoms with Crippen LogP contribution in [0.2, 0.25) is 0 Å². The van der Waals surface area contributed by atoms with E-state index in [2.05, 4.69) is 0 Å². The van der Waals surface area contributed by atoms with Crippen LogP contribution in [0.1, 0.15) is 67.2 Å². The first-order chi connectivity index (χ1) is 10.9. The highest BCUT2D eigenvalue weighted by atomic mass is 16.4. The van der Waals surface area contributed by atoms with Crippen LogP contribution in [0.15, 0.2) is 0 Å². The monoisotopic (exact) mass is 330 g/mol. The van der Waals surface area contributed by atoms with Crippen LogP contribution in [0.5, 0.6) is 0 Å². The number of carbonyl (C=O) groups is 3. The van der Waals surface area contributed by atoms with Crippen molar-refractivity contribution in [1.82, 2.24) is 9.80 Å². The zero-order valence-corrected chi connectivity index (χ0v) is 15.6. The molecule has 0 radical (unpaired) electrons. The lowest BCUT2D eigenvalue weighted by Crippen LogP contribution is -2.38. The quantitative estimate of drug-likeness (QED) is 0.802. The van der Waals surface area contributed by atoms with Gasteiger partial charge in [0.1, 0.15) is 6.04 Å². The van der Waals surface area contributed by atoms with Crippen LogP contribution in [0.3, 0.4) is 0 Å². The Bertz CT molecular complexity index is 333. The fourth-order valence-corrected chi connectivity index (χ4v) is 2.43. The predicted octanol–water partition coefficient (Wildman–Crippen LogP) is 2.76. The van der Waals surface area contributed by atoms with Crippen LogP contribution < -0.4 is 0 Å². The maximum Gasteiger partial charge on any atom is 0.326 e. The minimum Gasteiger partial charge on any atom is -0.480 e. The number of carboxylic acids is 1. The fourth-order valence-electron chi connectivity index (χ4n) is 2.43. The van der Waals surface area contributed by atoms with Crippen LogP contribution in [-0.2, 0) is 14.4 Å². The Morgan fingerprint density at radius 3 is 1.57 bits per heavy atom. The molecular formula is C17H34N2O4. The van der Waals surface area contributed by atoms with E-state index in [1.165, 1.54) is 24.7 Å². The van der Waals surface area contributed by atoms with Crippen molar-refractivity contribution in [3.63, 3.8) is 0 Å². The van der Waals surface area contributed by atoms with Gasteiger partial charge in [0.2, 0.25) is 11.8 Å². The lowest BCUT2D eigenvalue weighted by molar-refractivity contribution is -0.147. The zero-order valence-electron chi connectivity index (χ0n) is 15.6. The molecule has 2 fully saturated rings. The summed E-state index contributed by atoms with van der Waals surface area (Å²) in [7, 11) is 0.